The molecule has 2 atom stereocenters. The zero-order valence-corrected chi connectivity index (χ0v) is 15.4. The predicted octanol–water partition coefficient (Wildman–Crippen LogP) is 2.04. The van der Waals surface area contributed by atoms with Gasteiger partial charge in [-0.1, -0.05) is 12.1 Å². The molecule has 2 aliphatic heterocycles. The minimum atomic E-state index is -3.51. The average Bonchev–Trinajstić information content (AvgIpc) is 3.17. The maximum Gasteiger partial charge on any atom is 0.242 e. The van der Waals surface area contributed by atoms with Crippen molar-refractivity contribution < 1.29 is 12.8 Å². The van der Waals surface area contributed by atoms with Crippen molar-refractivity contribution in [2.24, 2.45) is 5.92 Å². The van der Waals surface area contributed by atoms with E-state index in [4.69, 9.17) is 4.42 Å². The van der Waals surface area contributed by atoms with Crippen LogP contribution in [0.5, 0.6) is 0 Å². The summed E-state index contributed by atoms with van der Waals surface area (Å²) in [7, 11) is -3.51. The van der Waals surface area contributed by atoms with Gasteiger partial charge in [-0.3, -0.25) is 4.90 Å². The van der Waals surface area contributed by atoms with E-state index in [1.54, 1.807) is 18.4 Å². The Morgan fingerprint density at radius 3 is 2.73 bits per heavy atom. The molecule has 1 saturated heterocycles. The number of likely N-dealkylation sites (tertiary alicyclic amines) is 1. The number of benzene rings is 1. The van der Waals surface area contributed by atoms with Crippen molar-refractivity contribution in [1.82, 2.24) is 9.62 Å². The summed E-state index contributed by atoms with van der Waals surface area (Å²) in [4.78, 5) is 5.04. The second kappa shape index (κ2) is 6.11. The number of fused-ring (bicyclic) bond motifs is 2. The standard InChI is InChI=1S/C19H23N3O3S/c23-26(24)19-6-2-1-5-17(19)22(10-14-7-8-14)18-13-21(12-16(18)20-26)11-15-4-3-9-25-15/h1-6,9,14,16,18,20H,7-8,10-13H2/t16-,18+/m1/s1. The van der Waals surface area contributed by atoms with E-state index >= 15 is 0 Å². The van der Waals surface area contributed by atoms with Gasteiger partial charge in [0.2, 0.25) is 10.0 Å². The molecule has 2 aromatic rings. The highest BCUT2D eigenvalue weighted by atomic mass is 32.2. The van der Waals surface area contributed by atoms with Crippen molar-refractivity contribution in [2.45, 2.75) is 36.4 Å². The molecule has 0 bridgehead atoms. The van der Waals surface area contributed by atoms with Gasteiger partial charge in [-0.15, -0.1) is 0 Å². The minimum Gasteiger partial charge on any atom is -0.468 e. The van der Waals surface area contributed by atoms with E-state index in [0.29, 0.717) is 23.9 Å². The molecule has 0 radical (unpaired) electrons. The normalized spacial score (nSPS) is 27.8. The fourth-order valence-electron chi connectivity index (χ4n) is 4.23. The van der Waals surface area contributed by atoms with Crippen molar-refractivity contribution in [3.8, 4) is 0 Å². The maximum atomic E-state index is 12.9. The second-order valence-electron chi connectivity index (χ2n) is 7.63. The van der Waals surface area contributed by atoms with Crippen LogP contribution in [0.15, 0.2) is 52.0 Å². The van der Waals surface area contributed by atoms with Crippen LogP contribution in [-0.2, 0) is 16.6 Å². The first kappa shape index (κ1) is 16.4. The lowest BCUT2D eigenvalue weighted by Crippen LogP contribution is -2.49. The Morgan fingerprint density at radius 2 is 1.96 bits per heavy atom. The molecule has 2 fully saturated rings. The fraction of sp³-hybridized carbons (Fsp3) is 0.474. The quantitative estimate of drug-likeness (QED) is 0.888. The molecule has 3 heterocycles. The number of hydrogen-bond acceptors (Lipinski definition) is 5. The van der Waals surface area contributed by atoms with Gasteiger partial charge >= 0.3 is 0 Å². The summed E-state index contributed by atoms with van der Waals surface area (Å²) in [6.07, 6.45) is 4.17. The molecule has 7 heteroatoms. The Bertz CT molecular complexity index is 893. The van der Waals surface area contributed by atoms with E-state index in [-0.39, 0.29) is 12.1 Å². The maximum absolute atomic E-state index is 12.9. The second-order valence-corrected chi connectivity index (χ2v) is 9.31. The Kier molecular flexibility index (Phi) is 3.84. The van der Waals surface area contributed by atoms with E-state index in [1.807, 2.05) is 24.3 Å². The molecule has 0 spiro atoms. The van der Waals surface area contributed by atoms with Crippen molar-refractivity contribution in [3.05, 3.63) is 48.4 Å². The van der Waals surface area contributed by atoms with Gasteiger partial charge in [0.15, 0.2) is 0 Å². The van der Waals surface area contributed by atoms with Crippen LogP contribution in [0.4, 0.5) is 5.69 Å². The molecule has 3 aliphatic rings. The topological polar surface area (TPSA) is 65.8 Å². The third-order valence-corrected chi connectivity index (χ3v) is 7.18. The van der Waals surface area contributed by atoms with Crippen molar-refractivity contribution in [1.29, 1.82) is 0 Å². The first-order chi connectivity index (χ1) is 12.6. The van der Waals surface area contributed by atoms with Crippen molar-refractivity contribution in [3.63, 3.8) is 0 Å². The van der Waals surface area contributed by atoms with Gasteiger partial charge in [0, 0.05) is 19.6 Å². The molecule has 1 aromatic heterocycles. The van der Waals surface area contributed by atoms with Crippen LogP contribution in [0.25, 0.3) is 0 Å². The SMILES string of the molecule is O=S1(=O)N[C@@H]2CN(Cc3ccco3)C[C@@H]2N(CC2CC2)c2ccccc21. The first-order valence-electron chi connectivity index (χ1n) is 9.23. The first-order valence-corrected chi connectivity index (χ1v) is 10.7. The number of sulfonamides is 1. The van der Waals surface area contributed by atoms with E-state index in [0.717, 1.165) is 24.5 Å². The van der Waals surface area contributed by atoms with Crippen LogP contribution < -0.4 is 9.62 Å². The highest BCUT2D eigenvalue weighted by molar-refractivity contribution is 7.89. The highest BCUT2D eigenvalue weighted by Gasteiger charge is 2.44. The van der Waals surface area contributed by atoms with Crippen LogP contribution in [0.3, 0.4) is 0 Å². The highest BCUT2D eigenvalue weighted by Crippen LogP contribution is 2.38. The number of para-hydroxylation sites is 1. The summed E-state index contributed by atoms with van der Waals surface area (Å²) in [5.74, 6) is 1.60. The number of nitrogens with one attached hydrogen (secondary N) is 1. The van der Waals surface area contributed by atoms with Gasteiger partial charge in [-0.2, -0.15) is 0 Å². The zero-order valence-electron chi connectivity index (χ0n) is 14.5. The monoisotopic (exact) mass is 373 g/mol. The molecule has 0 amide bonds. The minimum absolute atomic E-state index is 0.110. The van der Waals surface area contributed by atoms with Crippen molar-refractivity contribution in [2.75, 3.05) is 24.5 Å². The Hall–Kier alpha value is -1.83. The summed E-state index contributed by atoms with van der Waals surface area (Å²) in [6.45, 7) is 3.17. The molecule has 1 N–H and O–H groups in total. The summed E-state index contributed by atoms with van der Waals surface area (Å²) in [5, 5.41) is 0. The summed E-state index contributed by atoms with van der Waals surface area (Å²) >= 11 is 0. The molecule has 1 aromatic carbocycles. The number of anilines is 1. The van der Waals surface area contributed by atoms with E-state index in [1.165, 1.54) is 12.8 Å². The summed E-state index contributed by atoms with van der Waals surface area (Å²) in [6, 6.07) is 11.3. The van der Waals surface area contributed by atoms with Gasteiger partial charge in [0.05, 0.1) is 30.6 Å². The van der Waals surface area contributed by atoms with Crippen LogP contribution in [0.1, 0.15) is 18.6 Å². The Balaban J connectivity index is 1.49. The summed E-state index contributed by atoms with van der Waals surface area (Å²) in [5.41, 5.74) is 0.847. The molecule has 138 valence electrons. The third-order valence-electron chi connectivity index (χ3n) is 5.65. The lowest BCUT2D eigenvalue weighted by Gasteiger charge is -2.32. The predicted molar refractivity (Wildman–Crippen MR) is 98.4 cm³/mol. The summed E-state index contributed by atoms with van der Waals surface area (Å²) < 4.78 is 34.3. The molecule has 26 heavy (non-hydrogen) atoms. The molecule has 1 saturated carbocycles. The van der Waals surface area contributed by atoms with Crippen molar-refractivity contribution >= 4 is 15.7 Å². The lowest BCUT2D eigenvalue weighted by atomic mass is 10.1. The Labute approximate surface area is 153 Å². The fourth-order valence-corrected chi connectivity index (χ4v) is 5.70. The molecule has 5 rings (SSSR count). The molecule has 6 nitrogen and oxygen atoms in total. The van der Waals surface area contributed by atoms with Crippen LogP contribution in [-0.4, -0.2) is 45.0 Å². The van der Waals surface area contributed by atoms with Gasteiger partial charge in [-0.25, -0.2) is 13.1 Å². The zero-order chi connectivity index (χ0) is 17.7. The third kappa shape index (κ3) is 2.94. The van der Waals surface area contributed by atoms with Gasteiger partial charge in [-0.05, 0) is 43.0 Å². The lowest BCUT2D eigenvalue weighted by molar-refractivity contribution is 0.289. The number of hydrogen-bond donors (Lipinski definition) is 1. The molecule has 0 unspecified atom stereocenters. The number of rotatable bonds is 4. The van der Waals surface area contributed by atoms with Crippen LogP contribution >= 0.6 is 0 Å². The van der Waals surface area contributed by atoms with E-state index in [9.17, 15) is 8.42 Å². The van der Waals surface area contributed by atoms with E-state index in [2.05, 4.69) is 14.5 Å². The molecular weight excluding hydrogens is 350 g/mol. The van der Waals surface area contributed by atoms with Gasteiger partial charge in [0.25, 0.3) is 0 Å². The largest absolute Gasteiger partial charge is 0.468 e. The number of furan rings is 1. The smallest absolute Gasteiger partial charge is 0.242 e. The molecule has 1 aliphatic carbocycles. The Morgan fingerprint density at radius 1 is 1.12 bits per heavy atom. The average molecular weight is 373 g/mol. The molecular formula is C19H23N3O3S. The number of nitrogens with zero attached hydrogens (tertiary/aromatic N) is 2. The van der Waals surface area contributed by atoms with Crippen LogP contribution in [0, 0.1) is 5.92 Å². The van der Waals surface area contributed by atoms with Gasteiger partial charge in [0.1, 0.15) is 10.7 Å². The van der Waals surface area contributed by atoms with Crippen LogP contribution in [0.2, 0.25) is 0 Å². The van der Waals surface area contributed by atoms with E-state index < -0.39 is 10.0 Å². The van der Waals surface area contributed by atoms with Gasteiger partial charge < -0.3 is 9.32 Å².